The molecule has 0 aliphatic heterocycles. The van der Waals surface area contributed by atoms with E-state index in [1.165, 1.54) is 0 Å². The quantitative estimate of drug-likeness (QED) is 0.351. The van der Waals surface area contributed by atoms with Crippen molar-refractivity contribution in [2.24, 2.45) is 0 Å². The van der Waals surface area contributed by atoms with Gasteiger partial charge in [0.1, 0.15) is 0 Å². The molecule has 0 atom stereocenters. The molecule has 0 unspecified atom stereocenters. The van der Waals surface area contributed by atoms with Gasteiger partial charge in [0.05, 0.1) is 0 Å². The molecular formula is C5H7MnNS4. The molecule has 63 valence electrons. The Morgan fingerprint density at radius 2 is 1.82 bits per heavy atom. The van der Waals surface area contributed by atoms with Crippen LogP contribution in [0, 0.1) is 0 Å². The molecule has 0 aromatic rings. The molecule has 0 spiro atoms. The van der Waals surface area contributed by atoms with E-state index >= 15 is 0 Å². The van der Waals surface area contributed by atoms with E-state index in [0.29, 0.717) is 8.52 Å². The molecule has 0 saturated carbocycles. The molecule has 1 N–H and O–H groups in total. The molecule has 0 bridgehead atoms. The second kappa shape index (κ2) is 9.03. The van der Waals surface area contributed by atoms with Crippen LogP contribution in [0.1, 0.15) is 12.8 Å². The molecule has 0 rings (SSSR count). The van der Waals surface area contributed by atoms with E-state index in [0.717, 1.165) is 19.4 Å². The first kappa shape index (κ1) is 14.5. The molecule has 0 aromatic heterocycles. The molecule has 0 amide bonds. The molecule has 11 heavy (non-hydrogen) atoms. The van der Waals surface area contributed by atoms with Gasteiger partial charge in [-0.25, -0.2) is 0 Å². The SMILES string of the molecule is S=C([S-])CCCNC(=S)[S-].[Mn+2]. The Bertz CT molecular complexity index is 122. The molecule has 0 aromatic carbocycles. The van der Waals surface area contributed by atoms with E-state index < -0.39 is 0 Å². The predicted molar refractivity (Wildman–Crippen MR) is 57.2 cm³/mol. The first-order chi connectivity index (χ1) is 4.63. The maximum absolute atomic E-state index is 4.70. The summed E-state index contributed by atoms with van der Waals surface area (Å²) in [5, 5.41) is 2.84. The van der Waals surface area contributed by atoms with E-state index in [9.17, 15) is 0 Å². The van der Waals surface area contributed by atoms with Gasteiger partial charge in [-0.2, -0.15) is 4.20 Å². The Balaban J connectivity index is 0. The third-order valence-electron chi connectivity index (χ3n) is 0.827. The average molecular weight is 264 g/mol. The average Bonchev–Trinajstić information content (AvgIpc) is 1.79. The van der Waals surface area contributed by atoms with E-state index in [1.807, 2.05) is 0 Å². The number of hydrogen-bond donors (Lipinski definition) is 1. The maximum Gasteiger partial charge on any atom is 2.00 e. The van der Waals surface area contributed by atoms with E-state index in [1.54, 1.807) is 0 Å². The van der Waals surface area contributed by atoms with Crippen molar-refractivity contribution in [1.82, 2.24) is 5.32 Å². The minimum absolute atomic E-state index is 0. The number of hydrogen-bond acceptors (Lipinski definition) is 4. The molecule has 1 radical (unpaired) electrons. The Morgan fingerprint density at radius 1 is 1.27 bits per heavy atom. The Labute approximate surface area is 99.4 Å². The third-order valence-corrected chi connectivity index (χ3v) is 1.52. The monoisotopic (exact) mass is 264 g/mol. The number of rotatable bonds is 4. The van der Waals surface area contributed by atoms with Gasteiger partial charge in [-0.05, 0) is 12.8 Å². The van der Waals surface area contributed by atoms with Crippen molar-refractivity contribution in [3.8, 4) is 0 Å². The van der Waals surface area contributed by atoms with Crippen LogP contribution < -0.4 is 5.32 Å². The van der Waals surface area contributed by atoms with Crippen molar-refractivity contribution in [3.05, 3.63) is 0 Å². The predicted octanol–water partition coefficient (Wildman–Crippen LogP) is 1.06. The van der Waals surface area contributed by atoms with Gasteiger partial charge in [0, 0.05) is 6.54 Å². The standard InChI is InChI=1S/C5H9NS4.Mn/c7-4(8)2-1-3-6-5(9)10;/h1-3H2,(H,7,8)(H2,6,9,10);/q;+2/p-2. The van der Waals surface area contributed by atoms with Crippen molar-refractivity contribution in [2.45, 2.75) is 12.8 Å². The van der Waals surface area contributed by atoms with Crippen LogP contribution in [-0.2, 0) is 42.3 Å². The normalized spacial score (nSPS) is 8.00. The van der Waals surface area contributed by atoms with Gasteiger partial charge in [-0.15, -0.1) is 0 Å². The van der Waals surface area contributed by atoms with Crippen LogP contribution >= 0.6 is 24.4 Å². The fourth-order valence-corrected chi connectivity index (χ4v) is 0.916. The zero-order chi connectivity index (χ0) is 7.98. The molecule has 0 aliphatic carbocycles. The van der Waals surface area contributed by atoms with Crippen molar-refractivity contribution < 1.29 is 17.1 Å². The fourth-order valence-electron chi connectivity index (χ4n) is 0.423. The van der Waals surface area contributed by atoms with Gasteiger partial charge >= 0.3 is 17.1 Å². The van der Waals surface area contributed by atoms with Gasteiger partial charge in [0.2, 0.25) is 0 Å². The summed E-state index contributed by atoms with van der Waals surface area (Å²) >= 11 is 18.6. The van der Waals surface area contributed by atoms with Crippen LogP contribution in [0.3, 0.4) is 0 Å². The summed E-state index contributed by atoms with van der Waals surface area (Å²) in [4.78, 5) is 0. The van der Waals surface area contributed by atoms with Gasteiger partial charge in [0.25, 0.3) is 0 Å². The molecule has 1 nitrogen and oxygen atoms in total. The van der Waals surface area contributed by atoms with Gasteiger partial charge in [0.15, 0.2) is 0 Å². The van der Waals surface area contributed by atoms with Gasteiger partial charge in [-0.1, -0.05) is 4.32 Å². The van der Waals surface area contributed by atoms with Crippen LogP contribution in [0.2, 0.25) is 0 Å². The second-order valence-electron chi connectivity index (χ2n) is 1.69. The van der Waals surface area contributed by atoms with Crippen molar-refractivity contribution in [3.63, 3.8) is 0 Å². The van der Waals surface area contributed by atoms with Crippen molar-refractivity contribution in [2.75, 3.05) is 6.54 Å². The number of nitrogens with one attached hydrogen (secondary N) is 1. The molecule has 0 fully saturated rings. The first-order valence-electron chi connectivity index (χ1n) is 2.77. The molecular weight excluding hydrogens is 257 g/mol. The minimum Gasteiger partial charge on any atom is -0.433 e. The summed E-state index contributed by atoms with van der Waals surface area (Å²) in [6, 6.07) is 0. The van der Waals surface area contributed by atoms with Crippen LogP contribution in [0.15, 0.2) is 0 Å². The van der Waals surface area contributed by atoms with Gasteiger partial charge < -0.3 is 55.0 Å². The van der Waals surface area contributed by atoms with Crippen LogP contribution in [0.5, 0.6) is 0 Å². The summed E-state index contributed by atoms with van der Waals surface area (Å²) in [5.41, 5.74) is 0. The minimum atomic E-state index is 0. The smallest absolute Gasteiger partial charge is 0.433 e. The molecule has 0 heterocycles. The summed E-state index contributed by atoms with van der Waals surface area (Å²) < 4.78 is 1.03. The van der Waals surface area contributed by atoms with E-state index in [-0.39, 0.29) is 17.1 Å². The number of thiocarbonyl (C=S) groups is 2. The zero-order valence-corrected chi connectivity index (χ0v) is 10.1. The fraction of sp³-hybridized carbons (Fsp3) is 0.600. The maximum atomic E-state index is 4.70. The Hall–Kier alpha value is 0.939. The Kier molecular flexibility index (Phi) is 11.9. The summed E-state index contributed by atoms with van der Waals surface area (Å²) in [6.45, 7) is 0.777. The topological polar surface area (TPSA) is 12.0 Å². The molecule has 0 saturated heterocycles. The van der Waals surface area contributed by atoms with Crippen LogP contribution in [-0.4, -0.2) is 15.1 Å². The third kappa shape index (κ3) is 13.9. The summed E-state index contributed by atoms with van der Waals surface area (Å²) in [7, 11) is 0. The largest absolute Gasteiger partial charge is 2.00 e. The summed E-state index contributed by atoms with van der Waals surface area (Å²) in [6.07, 6.45) is 1.70. The zero-order valence-electron chi connectivity index (χ0n) is 5.63. The van der Waals surface area contributed by atoms with Crippen molar-refractivity contribution in [1.29, 1.82) is 0 Å². The van der Waals surface area contributed by atoms with Crippen LogP contribution in [0.4, 0.5) is 0 Å². The van der Waals surface area contributed by atoms with Crippen molar-refractivity contribution >= 4 is 58.2 Å². The van der Waals surface area contributed by atoms with Gasteiger partial charge in [-0.3, -0.25) is 0 Å². The van der Waals surface area contributed by atoms with Crippen LogP contribution in [0.25, 0.3) is 0 Å². The summed E-state index contributed by atoms with van der Waals surface area (Å²) in [5.74, 6) is 0. The first-order valence-corrected chi connectivity index (χ1v) is 4.41. The molecule has 6 heteroatoms. The Morgan fingerprint density at radius 3 is 2.18 bits per heavy atom. The second-order valence-corrected chi connectivity index (χ2v) is 4.01. The van der Waals surface area contributed by atoms with E-state index in [2.05, 4.69) is 30.2 Å². The molecule has 0 aliphatic rings. The van der Waals surface area contributed by atoms with E-state index in [4.69, 9.17) is 24.8 Å².